The Morgan fingerprint density at radius 1 is 1.29 bits per heavy atom. The van der Waals surface area contributed by atoms with Crippen LogP contribution in [-0.2, 0) is 14.6 Å². The number of benzene rings is 1. The van der Waals surface area contributed by atoms with Crippen molar-refractivity contribution in [1.29, 1.82) is 0 Å². The van der Waals surface area contributed by atoms with Crippen LogP contribution in [0.15, 0.2) is 29.2 Å². The Labute approximate surface area is 103 Å². The van der Waals surface area contributed by atoms with Crippen LogP contribution >= 0.6 is 11.3 Å². The van der Waals surface area contributed by atoms with Gasteiger partial charge >= 0.3 is 5.97 Å². The molecular formula is C11H10O4S2. The Balaban J connectivity index is 2.60. The van der Waals surface area contributed by atoms with Crippen LogP contribution in [0.4, 0.5) is 0 Å². The van der Waals surface area contributed by atoms with Gasteiger partial charge in [0.1, 0.15) is 4.88 Å². The van der Waals surface area contributed by atoms with Crippen molar-refractivity contribution in [2.75, 3.05) is 13.4 Å². The van der Waals surface area contributed by atoms with E-state index in [1.54, 1.807) is 18.2 Å². The summed E-state index contributed by atoms with van der Waals surface area (Å²) in [6.45, 7) is 0. The van der Waals surface area contributed by atoms with Gasteiger partial charge in [0.15, 0.2) is 9.84 Å². The Morgan fingerprint density at radius 3 is 2.59 bits per heavy atom. The fourth-order valence-electron chi connectivity index (χ4n) is 1.45. The molecule has 0 N–H and O–H groups in total. The van der Waals surface area contributed by atoms with Gasteiger partial charge in [-0.15, -0.1) is 11.3 Å². The largest absolute Gasteiger partial charge is 0.465 e. The number of ether oxygens (including phenoxy) is 1. The summed E-state index contributed by atoms with van der Waals surface area (Å²) in [5.74, 6) is -0.410. The highest BCUT2D eigenvalue weighted by molar-refractivity contribution is 7.90. The molecule has 0 atom stereocenters. The van der Waals surface area contributed by atoms with E-state index in [-0.39, 0.29) is 4.90 Å². The number of esters is 1. The summed E-state index contributed by atoms with van der Waals surface area (Å²) in [6.07, 6.45) is 1.15. The monoisotopic (exact) mass is 270 g/mol. The van der Waals surface area contributed by atoms with Crippen molar-refractivity contribution in [1.82, 2.24) is 0 Å². The quantitative estimate of drug-likeness (QED) is 0.784. The molecule has 1 aromatic heterocycles. The summed E-state index contributed by atoms with van der Waals surface area (Å²) in [4.78, 5) is 12.0. The van der Waals surface area contributed by atoms with Crippen LogP contribution in [0.25, 0.3) is 10.1 Å². The van der Waals surface area contributed by atoms with Crippen molar-refractivity contribution < 1.29 is 17.9 Å². The van der Waals surface area contributed by atoms with Crippen LogP contribution < -0.4 is 0 Å². The normalized spacial score (nSPS) is 11.6. The molecule has 0 radical (unpaired) electrons. The minimum Gasteiger partial charge on any atom is -0.465 e. The van der Waals surface area contributed by atoms with E-state index in [9.17, 15) is 13.2 Å². The van der Waals surface area contributed by atoms with Gasteiger partial charge in [0, 0.05) is 11.0 Å². The fourth-order valence-corrected chi connectivity index (χ4v) is 3.07. The van der Waals surface area contributed by atoms with Crippen molar-refractivity contribution in [3.8, 4) is 0 Å². The lowest BCUT2D eigenvalue weighted by molar-refractivity contribution is 0.0606. The lowest BCUT2D eigenvalue weighted by Crippen LogP contribution is -1.96. The molecule has 0 saturated heterocycles. The molecule has 0 amide bonds. The van der Waals surface area contributed by atoms with Gasteiger partial charge in [-0.1, -0.05) is 0 Å². The van der Waals surface area contributed by atoms with Gasteiger partial charge in [0.2, 0.25) is 0 Å². The SMILES string of the molecule is COC(=O)c1cc2cc(S(C)(=O)=O)ccc2s1. The predicted molar refractivity (Wildman–Crippen MR) is 66.3 cm³/mol. The molecule has 90 valence electrons. The molecule has 17 heavy (non-hydrogen) atoms. The number of rotatable bonds is 2. The van der Waals surface area contributed by atoms with Crippen LogP contribution in [0.3, 0.4) is 0 Å². The maximum Gasteiger partial charge on any atom is 0.348 e. The number of fused-ring (bicyclic) bond motifs is 1. The molecule has 0 spiro atoms. The Hall–Kier alpha value is -1.40. The van der Waals surface area contributed by atoms with E-state index in [2.05, 4.69) is 4.74 Å². The molecule has 0 aliphatic rings. The van der Waals surface area contributed by atoms with E-state index in [0.29, 0.717) is 4.88 Å². The first kappa shape index (κ1) is 12.1. The summed E-state index contributed by atoms with van der Waals surface area (Å²) >= 11 is 1.28. The average Bonchev–Trinajstić information content (AvgIpc) is 2.69. The smallest absolute Gasteiger partial charge is 0.348 e. The van der Waals surface area contributed by atoms with Crippen molar-refractivity contribution in [2.45, 2.75) is 4.90 Å². The summed E-state index contributed by atoms with van der Waals surface area (Å²) in [6, 6.07) is 6.44. The average molecular weight is 270 g/mol. The van der Waals surface area contributed by atoms with Gasteiger partial charge in [0.05, 0.1) is 12.0 Å². The standard InChI is InChI=1S/C11H10O4S2/c1-15-11(12)10-6-7-5-8(17(2,13)14)3-4-9(7)16-10/h3-6H,1-2H3. The van der Waals surface area contributed by atoms with E-state index in [4.69, 9.17) is 0 Å². The van der Waals surface area contributed by atoms with Crippen LogP contribution in [0.1, 0.15) is 9.67 Å². The number of hydrogen-bond acceptors (Lipinski definition) is 5. The van der Waals surface area contributed by atoms with Gasteiger partial charge < -0.3 is 4.74 Å². The van der Waals surface area contributed by atoms with Crippen LogP contribution in [0, 0.1) is 0 Å². The minimum atomic E-state index is -3.22. The highest BCUT2D eigenvalue weighted by Gasteiger charge is 2.13. The summed E-state index contributed by atoms with van der Waals surface area (Å²) < 4.78 is 28.2. The second-order valence-electron chi connectivity index (χ2n) is 3.57. The van der Waals surface area contributed by atoms with Crippen molar-refractivity contribution in [3.05, 3.63) is 29.1 Å². The molecule has 2 aromatic rings. The highest BCUT2D eigenvalue weighted by atomic mass is 32.2. The van der Waals surface area contributed by atoms with E-state index in [0.717, 1.165) is 16.3 Å². The Morgan fingerprint density at radius 2 is 2.00 bits per heavy atom. The van der Waals surface area contributed by atoms with Gasteiger partial charge in [-0.3, -0.25) is 0 Å². The Bertz CT molecular complexity index is 683. The van der Waals surface area contributed by atoms with Crippen molar-refractivity contribution in [2.24, 2.45) is 0 Å². The molecule has 0 bridgehead atoms. The second-order valence-corrected chi connectivity index (χ2v) is 6.67. The molecule has 0 aliphatic heterocycles. The zero-order chi connectivity index (χ0) is 12.6. The fraction of sp³-hybridized carbons (Fsp3) is 0.182. The van der Waals surface area contributed by atoms with Crippen LogP contribution in [0.5, 0.6) is 0 Å². The molecule has 1 aromatic carbocycles. The second kappa shape index (κ2) is 4.12. The molecule has 0 fully saturated rings. The predicted octanol–water partition coefficient (Wildman–Crippen LogP) is 2.09. The summed E-state index contributed by atoms with van der Waals surface area (Å²) in [5, 5.41) is 0.735. The van der Waals surface area contributed by atoms with Gasteiger partial charge in [0.25, 0.3) is 0 Å². The molecule has 0 saturated carbocycles. The molecule has 1 heterocycles. The molecule has 2 rings (SSSR count). The van der Waals surface area contributed by atoms with Crippen molar-refractivity contribution in [3.63, 3.8) is 0 Å². The third-order valence-electron chi connectivity index (χ3n) is 2.30. The molecule has 0 aliphatic carbocycles. The maximum atomic E-state index is 11.4. The third kappa shape index (κ3) is 2.32. The number of carbonyl (C=O) groups excluding carboxylic acids is 1. The first-order valence-corrected chi connectivity index (χ1v) is 7.44. The molecular weight excluding hydrogens is 260 g/mol. The first-order chi connectivity index (χ1) is 7.91. The molecule has 4 nitrogen and oxygen atoms in total. The zero-order valence-corrected chi connectivity index (χ0v) is 10.9. The topological polar surface area (TPSA) is 60.4 Å². The minimum absolute atomic E-state index is 0.249. The summed E-state index contributed by atoms with van der Waals surface area (Å²) in [7, 11) is -1.91. The molecule has 6 heteroatoms. The highest BCUT2D eigenvalue weighted by Crippen LogP contribution is 2.28. The van der Waals surface area contributed by atoms with Gasteiger partial charge in [-0.05, 0) is 29.7 Å². The Kier molecular flexibility index (Phi) is 2.92. The lowest BCUT2D eigenvalue weighted by atomic mass is 10.2. The van der Waals surface area contributed by atoms with Gasteiger partial charge in [-0.2, -0.15) is 0 Å². The van der Waals surface area contributed by atoms with E-state index in [1.807, 2.05) is 0 Å². The summed E-state index contributed by atoms with van der Waals surface area (Å²) in [5.41, 5.74) is 0. The van der Waals surface area contributed by atoms with Crippen LogP contribution in [-0.4, -0.2) is 27.8 Å². The molecule has 0 unspecified atom stereocenters. The maximum absolute atomic E-state index is 11.4. The van der Waals surface area contributed by atoms with Crippen molar-refractivity contribution >= 4 is 37.2 Å². The number of thiophene rings is 1. The first-order valence-electron chi connectivity index (χ1n) is 4.74. The zero-order valence-electron chi connectivity index (χ0n) is 9.26. The number of hydrogen-bond donors (Lipinski definition) is 0. The third-order valence-corrected chi connectivity index (χ3v) is 4.51. The van der Waals surface area contributed by atoms with Crippen LogP contribution in [0.2, 0.25) is 0 Å². The van der Waals surface area contributed by atoms with E-state index in [1.165, 1.54) is 24.5 Å². The number of methoxy groups -OCH3 is 1. The number of sulfone groups is 1. The van der Waals surface area contributed by atoms with E-state index < -0.39 is 15.8 Å². The lowest BCUT2D eigenvalue weighted by Gasteiger charge is -1.96. The van der Waals surface area contributed by atoms with Gasteiger partial charge in [-0.25, -0.2) is 13.2 Å². The van der Waals surface area contributed by atoms with E-state index >= 15 is 0 Å². The number of carbonyl (C=O) groups is 1.